The van der Waals surface area contributed by atoms with Gasteiger partial charge in [0.05, 0.1) is 0 Å². The zero-order chi connectivity index (χ0) is 26.5. The van der Waals surface area contributed by atoms with E-state index in [9.17, 15) is 20.4 Å². The Bertz CT molecular complexity index is 1520. The van der Waals surface area contributed by atoms with Crippen molar-refractivity contribution in [1.82, 2.24) is 0 Å². The molecule has 10 heteroatoms. The van der Waals surface area contributed by atoms with Crippen LogP contribution in [0.4, 0.5) is 0 Å². The molecule has 0 unspecified atom stereocenters. The molecule has 1 aliphatic carbocycles. The fourth-order valence-corrected chi connectivity index (χ4v) is 6.18. The molecule has 0 radical (unpaired) electrons. The maximum Gasteiger partial charge on any atom is 0.202 e. The van der Waals surface area contributed by atoms with Crippen LogP contribution < -0.4 is 0 Å². The molecule has 39 heavy (non-hydrogen) atoms. The van der Waals surface area contributed by atoms with Crippen molar-refractivity contribution in [2.75, 3.05) is 0 Å². The molecule has 0 spiro atoms. The van der Waals surface area contributed by atoms with Crippen LogP contribution in [0.2, 0.25) is 0 Å². The number of hydrogen-bond acceptors (Lipinski definition) is 6. The van der Waals surface area contributed by atoms with Crippen LogP contribution in [0, 0.1) is 13.8 Å². The van der Waals surface area contributed by atoms with Crippen LogP contribution in [-0.2, 0) is 38.6 Å². The molecule has 0 atom stereocenters. The van der Waals surface area contributed by atoms with Crippen molar-refractivity contribution in [2.45, 2.75) is 19.5 Å². The summed E-state index contributed by atoms with van der Waals surface area (Å²) in [5, 5.41) is 40.9. The molecular weight excluding hydrogens is 718 g/mol. The normalized spacial score (nSPS) is 13.1. The number of rotatable bonds is 4. The van der Waals surface area contributed by atoms with E-state index in [1.807, 2.05) is 38.1 Å². The van der Waals surface area contributed by atoms with Crippen LogP contribution in [0.15, 0.2) is 79.6 Å². The van der Waals surface area contributed by atoms with Crippen LogP contribution in [-0.4, -0.2) is 32.9 Å². The van der Waals surface area contributed by atoms with E-state index >= 15 is 0 Å². The summed E-state index contributed by atoms with van der Waals surface area (Å²) in [7, 11) is 0. The monoisotopic (exact) mass is 736 g/mol. The van der Waals surface area contributed by atoms with Crippen LogP contribution in [0.5, 0.6) is 23.0 Å². The van der Waals surface area contributed by atoms with Gasteiger partial charge >= 0.3 is 0 Å². The summed E-state index contributed by atoms with van der Waals surface area (Å²) in [6.45, 7) is 3.96. The van der Waals surface area contributed by atoms with E-state index in [0.29, 0.717) is 11.1 Å². The smallest absolute Gasteiger partial charge is 0.202 e. The van der Waals surface area contributed by atoms with E-state index in [1.165, 1.54) is 24.6 Å². The third kappa shape index (κ3) is 5.40. The number of aliphatic imine (C=N–C) groups is 2. The average Bonchev–Trinajstić information content (AvgIpc) is 3.11. The summed E-state index contributed by atoms with van der Waals surface area (Å²) in [5.41, 5.74) is 4.75. The van der Waals surface area contributed by atoms with Gasteiger partial charge in [-0.3, -0.25) is 9.98 Å². The van der Waals surface area contributed by atoms with Crippen molar-refractivity contribution in [3.05, 3.63) is 103 Å². The number of halogens is 2. The maximum atomic E-state index is 10.4. The molecule has 0 saturated heterocycles. The fraction of sp³-hybridized carbons (Fsp3) is 0.103. The van der Waals surface area contributed by atoms with Crippen molar-refractivity contribution in [2.24, 2.45) is 9.98 Å². The van der Waals surface area contributed by atoms with Crippen LogP contribution in [0.1, 0.15) is 33.4 Å². The van der Waals surface area contributed by atoms with E-state index in [4.69, 9.17) is 9.98 Å². The fourth-order valence-electron chi connectivity index (χ4n) is 4.63. The van der Waals surface area contributed by atoms with Gasteiger partial charge in [-0.25, -0.2) is 0 Å². The summed E-state index contributed by atoms with van der Waals surface area (Å²) in [5.74, 6) is -1.08. The van der Waals surface area contributed by atoms with Gasteiger partial charge < -0.3 is 20.4 Å². The van der Waals surface area contributed by atoms with Crippen molar-refractivity contribution < 1.29 is 53.4 Å². The Labute approximate surface area is 262 Å². The third-order valence-electron chi connectivity index (χ3n) is 6.34. The maximum absolute atomic E-state index is 10.4. The Kier molecular flexibility index (Phi) is 9.39. The number of para-hydroxylation sites is 2. The second kappa shape index (κ2) is 11.9. The van der Waals surface area contributed by atoms with Crippen molar-refractivity contribution in [1.29, 1.82) is 0 Å². The van der Waals surface area contributed by atoms with Gasteiger partial charge in [0.1, 0.15) is 0 Å². The molecule has 1 aliphatic rings. The number of aryl methyl sites for hydroxylation is 2. The molecular formula is C29H22Br2N2Ni2O4. The second-order valence-electron chi connectivity index (χ2n) is 8.96. The third-order valence-corrected chi connectivity index (χ3v) is 7.59. The van der Waals surface area contributed by atoms with Gasteiger partial charge in [-0.15, -0.1) is 0 Å². The van der Waals surface area contributed by atoms with Crippen LogP contribution in [0.3, 0.4) is 0 Å². The topological polar surface area (TPSA) is 106 Å². The van der Waals surface area contributed by atoms with Crippen molar-refractivity contribution in [3.63, 3.8) is 0 Å². The van der Waals surface area contributed by atoms with E-state index in [2.05, 4.69) is 31.9 Å². The minimum absolute atomic E-state index is 0. The van der Waals surface area contributed by atoms with Gasteiger partial charge in [0.25, 0.3) is 0 Å². The first-order valence-corrected chi connectivity index (χ1v) is 12.9. The Balaban J connectivity index is 0.00000210. The number of aromatic hydroxyl groups is 4. The zero-order valence-corrected chi connectivity index (χ0v) is 25.6. The number of fused-ring (bicyclic) bond motifs is 3. The first-order chi connectivity index (χ1) is 17.6. The SMILES string of the molecule is Cc1cc(Br)c2c(c1)C(/N=C/c1cccc(O)c1O)(/N=C/c1cccc(O)c1O)c1cc(C)cc(Br)c1-2.[Ni].[Ni]. The van der Waals surface area contributed by atoms with E-state index < -0.39 is 5.66 Å². The number of benzene rings is 4. The molecule has 4 aromatic carbocycles. The predicted octanol–water partition coefficient (Wildman–Crippen LogP) is 7.07. The van der Waals surface area contributed by atoms with Crippen molar-refractivity contribution >= 4 is 44.3 Å². The van der Waals surface area contributed by atoms with E-state index in [-0.39, 0.29) is 56.0 Å². The van der Waals surface area contributed by atoms with Gasteiger partial charge in [0.2, 0.25) is 5.66 Å². The molecule has 0 fully saturated rings. The van der Waals surface area contributed by atoms with E-state index in [1.54, 1.807) is 24.3 Å². The van der Waals surface area contributed by atoms with Crippen LogP contribution in [0.25, 0.3) is 11.1 Å². The predicted molar refractivity (Wildman–Crippen MR) is 152 cm³/mol. The number of hydrogen-bond donors (Lipinski definition) is 4. The minimum Gasteiger partial charge on any atom is -0.504 e. The standard InChI is InChI=1S/C29H22Br2N2O4.2Ni/c1-15-9-19-25(21(30)11-15)26-20(10-16(2)12-22(26)31)29(19,32-13-17-5-3-7-23(34)27(17)36)33-14-18-6-4-8-24(35)28(18)37;;/h3-14,34-37H,1-2H3;;/b32-13+,33-14+;;. The molecule has 0 aromatic heterocycles. The molecule has 206 valence electrons. The zero-order valence-electron chi connectivity index (χ0n) is 20.5. The molecule has 4 N–H and O–H groups in total. The summed E-state index contributed by atoms with van der Waals surface area (Å²) in [6.07, 6.45) is 2.97. The molecule has 0 aliphatic heterocycles. The Morgan fingerprint density at radius 3 is 1.41 bits per heavy atom. The molecule has 0 bridgehead atoms. The molecule has 0 saturated carbocycles. The average molecular weight is 740 g/mol. The Morgan fingerprint density at radius 2 is 1.03 bits per heavy atom. The quantitative estimate of drug-likeness (QED) is 0.102. The number of nitrogens with zero attached hydrogens (tertiary/aromatic N) is 2. The first-order valence-electron chi connectivity index (χ1n) is 11.4. The largest absolute Gasteiger partial charge is 0.504 e. The van der Waals surface area contributed by atoms with Gasteiger partial charge in [-0.1, -0.05) is 56.1 Å². The Morgan fingerprint density at radius 1 is 0.641 bits per heavy atom. The number of phenolic OH excluding ortho intramolecular Hbond substituents is 4. The van der Waals surface area contributed by atoms with Gasteiger partial charge in [0.15, 0.2) is 23.0 Å². The molecule has 6 nitrogen and oxygen atoms in total. The molecule has 4 aromatic rings. The van der Waals surface area contributed by atoms with Gasteiger partial charge in [-0.05, 0) is 61.4 Å². The molecule has 0 heterocycles. The second-order valence-corrected chi connectivity index (χ2v) is 10.7. The van der Waals surface area contributed by atoms with Gasteiger partial charge in [0, 0.05) is 87.7 Å². The molecule has 0 amide bonds. The van der Waals surface area contributed by atoms with Crippen molar-refractivity contribution in [3.8, 4) is 34.1 Å². The van der Waals surface area contributed by atoms with Gasteiger partial charge in [-0.2, -0.15) is 0 Å². The van der Waals surface area contributed by atoms with Crippen LogP contribution >= 0.6 is 31.9 Å². The summed E-state index contributed by atoms with van der Waals surface area (Å²) >= 11 is 7.47. The minimum atomic E-state index is -1.30. The summed E-state index contributed by atoms with van der Waals surface area (Å²) in [4.78, 5) is 9.92. The first kappa shape index (κ1) is 30.9. The number of phenols is 4. The Hall–Kier alpha value is -2.63. The molecule has 5 rings (SSSR count). The summed E-state index contributed by atoms with van der Waals surface area (Å²) in [6, 6.07) is 17.4. The van der Waals surface area contributed by atoms with E-state index in [0.717, 1.165) is 42.3 Å². The summed E-state index contributed by atoms with van der Waals surface area (Å²) < 4.78 is 1.75.